The normalized spacial score (nSPS) is 29.0. The molecule has 0 spiro atoms. The molecule has 0 aliphatic carbocycles. The molecule has 1 aromatic heterocycles. The molecule has 0 saturated carbocycles. The fourth-order valence-electron chi connectivity index (χ4n) is 3.45. The van der Waals surface area contributed by atoms with E-state index in [1.165, 1.54) is 16.2 Å². The molecule has 26 heavy (non-hydrogen) atoms. The Morgan fingerprint density at radius 3 is 3.00 bits per heavy atom. The molecular formula is C16H19N5O4S. The molecule has 4 atom stereocenters. The Morgan fingerprint density at radius 1 is 1.65 bits per heavy atom. The average molecular weight is 377 g/mol. The number of alkyl carbamates (subject to hydrolysis) is 1. The molecule has 2 aliphatic heterocycles. The van der Waals surface area contributed by atoms with Gasteiger partial charge in [0.25, 0.3) is 5.91 Å². The van der Waals surface area contributed by atoms with Crippen LogP contribution in [0.3, 0.4) is 0 Å². The number of likely N-dealkylation sites (tertiary alicyclic amines) is 1. The van der Waals surface area contributed by atoms with Gasteiger partial charge in [0.15, 0.2) is 11.3 Å². The fraction of sp³-hybridized carbons (Fsp3) is 0.562. The largest absolute Gasteiger partial charge is 0.444 e. The standard InChI is InChI=1S/C16H19N5O4S/c1-9-12(20-15(24)25-9)14(23)21-4-2-3-16(21,7-17)13(22)11(18)5-10-6-26-8-19-10/h6,8-9,11-12H,2-5,18H2,1H3,(H,20,24)/t9?,11-,12?,16?/m0/s1. The molecule has 10 heteroatoms. The van der Waals surface area contributed by atoms with Crippen LogP contribution >= 0.6 is 11.3 Å². The molecule has 2 amide bonds. The van der Waals surface area contributed by atoms with E-state index < -0.39 is 41.5 Å². The zero-order valence-corrected chi connectivity index (χ0v) is 15.0. The van der Waals surface area contributed by atoms with E-state index in [1.807, 2.05) is 6.07 Å². The quantitative estimate of drug-likeness (QED) is 0.734. The maximum absolute atomic E-state index is 13.0. The second-order valence-corrected chi connectivity index (χ2v) is 7.17. The third kappa shape index (κ3) is 3.04. The maximum atomic E-state index is 13.0. The number of Topliss-reactive ketones (excluding diaryl/α,β-unsaturated/α-hetero) is 1. The summed E-state index contributed by atoms with van der Waals surface area (Å²) < 4.78 is 4.94. The van der Waals surface area contributed by atoms with Gasteiger partial charge >= 0.3 is 6.09 Å². The lowest BCUT2D eigenvalue weighted by atomic mass is 9.86. The van der Waals surface area contributed by atoms with Crippen molar-refractivity contribution >= 4 is 29.1 Å². The smallest absolute Gasteiger partial charge is 0.408 e. The highest BCUT2D eigenvalue weighted by Gasteiger charge is 2.54. The number of nitrogens with zero attached hydrogens (tertiary/aromatic N) is 3. The van der Waals surface area contributed by atoms with Crippen molar-refractivity contribution in [1.82, 2.24) is 15.2 Å². The van der Waals surface area contributed by atoms with Crippen molar-refractivity contribution in [2.75, 3.05) is 6.54 Å². The van der Waals surface area contributed by atoms with Crippen molar-refractivity contribution in [3.05, 3.63) is 16.6 Å². The molecule has 0 aromatic carbocycles. The van der Waals surface area contributed by atoms with Gasteiger partial charge in [-0.2, -0.15) is 5.26 Å². The molecule has 3 N–H and O–H groups in total. The van der Waals surface area contributed by atoms with Crippen molar-refractivity contribution in [1.29, 1.82) is 5.26 Å². The van der Waals surface area contributed by atoms with E-state index >= 15 is 0 Å². The monoisotopic (exact) mass is 377 g/mol. The zero-order chi connectivity index (χ0) is 18.9. The van der Waals surface area contributed by atoms with Gasteiger partial charge in [-0.15, -0.1) is 11.3 Å². The number of hydrogen-bond acceptors (Lipinski definition) is 8. The second-order valence-electron chi connectivity index (χ2n) is 6.45. The molecule has 2 aliphatic rings. The SMILES string of the molecule is CC1OC(=O)NC1C(=O)N1CCCC1(C#N)C(=O)[C@@H](N)Cc1cscn1. The topological polar surface area (TPSA) is 138 Å². The molecule has 3 rings (SSSR count). The van der Waals surface area contributed by atoms with Gasteiger partial charge in [-0.05, 0) is 19.8 Å². The Labute approximate surface area is 154 Å². The molecule has 2 saturated heterocycles. The Bertz CT molecular complexity index is 761. The Morgan fingerprint density at radius 2 is 2.42 bits per heavy atom. The number of nitriles is 1. The number of aromatic nitrogens is 1. The van der Waals surface area contributed by atoms with Gasteiger partial charge in [0.1, 0.15) is 12.1 Å². The lowest BCUT2D eigenvalue weighted by Gasteiger charge is -2.34. The number of ether oxygens (including phenoxy) is 1. The van der Waals surface area contributed by atoms with Crippen LogP contribution in [0.2, 0.25) is 0 Å². The summed E-state index contributed by atoms with van der Waals surface area (Å²) in [6, 6.07) is 0.155. The minimum absolute atomic E-state index is 0.202. The van der Waals surface area contributed by atoms with Crippen LogP contribution in [0.5, 0.6) is 0 Å². The molecule has 9 nitrogen and oxygen atoms in total. The van der Waals surface area contributed by atoms with Crippen LogP contribution in [0.1, 0.15) is 25.5 Å². The van der Waals surface area contributed by atoms with Gasteiger partial charge in [-0.3, -0.25) is 9.59 Å². The number of rotatable bonds is 5. The molecule has 1 aromatic rings. The van der Waals surface area contributed by atoms with Crippen molar-refractivity contribution < 1.29 is 19.1 Å². The zero-order valence-electron chi connectivity index (χ0n) is 14.2. The van der Waals surface area contributed by atoms with Crippen LogP contribution < -0.4 is 11.1 Å². The molecule has 3 unspecified atom stereocenters. The number of carbonyl (C=O) groups is 3. The summed E-state index contributed by atoms with van der Waals surface area (Å²) in [6.45, 7) is 1.83. The summed E-state index contributed by atoms with van der Waals surface area (Å²) >= 11 is 1.39. The van der Waals surface area contributed by atoms with E-state index in [1.54, 1.807) is 17.8 Å². The van der Waals surface area contributed by atoms with E-state index in [2.05, 4.69) is 10.3 Å². The van der Waals surface area contributed by atoms with Gasteiger partial charge in [-0.1, -0.05) is 0 Å². The van der Waals surface area contributed by atoms with Crippen LogP contribution in [0.4, 0.5) is 4.79 Å². The van der Waals surface area contributed by atoms with Crippen molar-refractivity contribution in [2.45, 2.75) is 49.9 Å². The highest BCUT2D eigenvalue weighted by Crippen LogP contribution is 2.32. The van der Waals surface area contributed by atoms with E-state index in [-0.39, 0.29) is 19.4 Å². The summed E-state index contributed by atoms with van der Waals surface area (Å²) in [5, 5.41) is 14.0. The first-order chi connectivity index (χ1) is 12.4. The molecular weight excluding hydrogens is 358 g/mol. The third-order valence-electron chi connectivity index (χ3n) is 4.79. The summed E-state index contributed by atoms with van der Waals surface area (Å²) in [7, 11) is 0. The summed E-state index contributed by atoms with van der Waals surface area (Å²) in [4.78, 5) is 42.6. The first-order valence-electron chi connectivity index (χ1n) is 8.26. The number of hydrogen-bond donors (Lipinski definition) is 2. The van der Waals surface area contributed by atoms with E-state index in [4.69, 9.17) is 10.5 Å². The Hall–Kier alpha value is -2.51. The highest BCUT2D eigenvalue weighted by atomic mass is 32.1. The minimum atomic E-state index is -1.63. The summed E-state index contributed by atoms with van der Waals surface area (Å²) in [5.74, 6) is -1.01. The van der Waals surface area contributed by atoms with Crippen LogP contribution in [0, 0.1) is 11.3 Å². The predicted molar refractivity (Wildman–Crippen MR) is 91.0 cm³/mol. The molecule has 138 valence electrons. The average Bonchev–Trinajstić information content (AvgIpc) is 3.33. The molecule has 0 bridgehead atoms. The van der Waals surface area contributed by atoms with Gasteiger partial charge in [0.2, 0.25) is 0 Å². The first-order valence-corrected chi connectivity index (χ1v) is 9.20. The Balaban J connectivity index is 1.82. The third-order valence-corrected chi connectivity index (χ3v) is 5.43. The highest BCUT2D eigenvalue weighted by molar-refractivity contribution is 7.07. The number of thiazole rings is 1. The van der Waals surface area contributed by atoms with Crippen molar-refractivity contribution in [3.8, 4) is 6.07 Å². The molecule has 0 radical (unpaired) electrons. The van der Waals surface area contributed by atoms with Gasteiger partial charge in [0.05, 0.1) is 23.3 Å². The van der Waals surface area contributed by atoms with E-state index in [9.17, 15) is 19.6 Å². The maximum Gasteiger partial charge on any atom is 0.408 e. The first kappa shape index (κ1) is 18.3. The number of ketones is 1. The van der Waals surface area contributed by atoms with Crippen LogP contribution in [-0.4, -0.2) is 57.9 Å². The second kappa shape index (κ2) is 7.01. The van der Waals surface area contributed by atoms with Gasteiger partial charge in [0, 0.05) is 18.3 Å². The summed E-state index contributed by atoms with van der Waals surface area (Å²) in [5.41, 5.74) is 6.73. The van der Waals surface area contributed by atoms with Crippen molar-refractivity contribution in [2.24, 2.45) is 5.73 Å². The number of nitrogens with one attached hydrogen (secondary N) is 1. The minimum Gasteiger partial charge on any atom is -0.444 e. The van der Waals surface area contributed by atoms with E-state index in [0.29, 0.717) is 12.1 Å². The number of cyclic esters (lactones) is 1. The van der Waals surface area contributed by atoms with Crippen LogP contribution in [-0.2, 0) is 20.7 Å². The summed E-state index contributed by atoms with van der Waals surface area (Å²) in [6.07, 6.45) is -0.443. The van der Waals surface area contributed by atoms with Crippen LogP contribution in [0.15, 0.2) is 10.9 Å². The van der Waals surface area contributed by atoms with Crippen molar-refractivity contribution in [3.63, 3.8) is 0 Å². The number of amides is 2. The Kier molecular flexibility index (Phi) is 4.93. The van der Waals surface area contributed by atoms with Crippen LogP contribution in [0.25, 0.3) is 0 Å². The van der Waals surface area contributed by atoms with Gasteiger partial charge in [-0.25, -0.2) is 9.78 Å². The fourth-order valence-corrected chi connectivity index (χ4v) is 4.02. The predicted octanol–water partition coefficient (Wildman–Crippen LogP) is -0.0363. The van der Waals surface area contributed by atoms with E-state index in [0.717, 1.165) is 0 Å². The molecule has 2 fully saturated rings. The lowest BCUT2D eigenvalue weighted by molar-refractivity contribution is -0.143. The molecule has 3 heterocycles. The lowest BCUT2D eigenvalue weighted by Crippen LogP contribution is -2.61. The number of nitrogens with two attached hydrogens (primary N) is 1. The van der Waals surface area contributed by atoms with Gasteiger partial charge < -0.3 is 20.7 Å². The number of carbonyl (C=O) groups excluding carboxylic acids is 3.